The summed E-state index contributed by atoms with van der Waals surface area (Å²) in [7, 11) is 0. The molecule has 1 aliphatic carbocycles. The van der Waals surface area contributed by atoms with Crippen LogP contribution in [0, 0.1) is 6.92 Å². The first-order valence-corrected chi connectivity index (χ1v) is 11.1. The minimum atomic E-state index is -0.235. The standard InChI is InChI=1S/C23H31N5O/c1-17-25-21-20(22(26-17)28-11-3-5-19(29)16-28)6-7-23(21)8-12-27(13-9-23)15-18-4-2-10-24-14-18/h2,4,10,14,19,29H,3,5-9,11-13,15-16H2,1H3. The molecule has 1 unspecified atom stereocenters. The molecule has 2 fully saturated rings. The quantitative estimate of drug-likeness (QED) is 0.865. The van der Waals surface area contributed by atoms with E-state index in [4.69, 9.17) is 9.97 Å². The summed E-state index contributed by atoms with van der Waals surface area (Å²) in [5, 5.41) is 10.2. The molecule has 0 aromatic carbocycles. The molecule has 2 aliphatic heterocycles. The van der Waals surface area contributed by atoms with Crippen LogP contribution in [0.25, 0.3) is 0 Å². The molecular formula is C23H31N5O. The van der Waals surface area contributed by atoms with Crippen molar-refractivity contribution in [2.75, 3.05) is 31.1 Å². The van der Waals surface area contributed by atoms with Gasteiger partial charge < -0.3 is 10.0 Å². The highest BCUT2D eigenvalue weighted by molar-refractivity contribution is 5.54. The van der Waals surface area contributed by atoms with Crippen molar-refractivity contribution in [3.8, 4) is 0 Å². The van der Waals surface area contributed by atoms with Crippen molar-refractivity contribution in [2.45, 2.75) is 63.5 Å². The lowest BCUT2D eigenvalue weighted by atomic mass is 9.76. The van der Waals surface area contributed by atoms with E-state index < -0.39 is 0 Å². The molecule has 2 aromatic heterocycles. The summed E-state index contributed by atoms with van der Waals surface area (Å²) in [6, 6.07) is 4.19. The Kier molecular flexibility index (Phi) is 5.00. The van der Waals surface area contributed by atoms with Crippen LogP contribution in [-0.2, 0) is 18.4 Å². The molecule has 29 heavy (non-hydrogen) atoms. The molecule has 0 amide bonds. The highest BCUT2D eigenvalue weighted by atomic mass is 16.3. The Morgan fingerprint density at radius 3 is 2.79 bits per heavy atom. The summed E-state index contributed by atoms with van der Waals surface area (Å²) in [4.78, 5) is 18.9. The summed E-state index contributed by atoms with van der Waals surface area (Å²) >= 11 is 0. The fourth-order valence-electron chi connectivity index (χ4n) is 5.52. The van der Waals surface area contributed by atoms with E-state index in [0.29, 0.717) is 6.54 Å². The van der Waals surface area contributed by atoms with Crippen LogP contribution in [-0.4, -0.2) is 57.2 Å². The zero-order valence-electron chi connectivity index (χ0n) is 17.3. The van der Waals surface area contributed by atoms with Crippen molar-refractivity contribution in [1.29, 1.82) is 0 Å². The number of aryl methyl sites for hydroxylation is 1. The fourth-order valence-corrected chi connectivity index (χ4v) is 5.52. The number of pyridine rings is 1. The minimum absolute atomic E-state index is 0.206. The molecule has 154 valence electrons. The molecule has 0 saturated carbocycles. The smallest absolute Gasteiger partial charge is 0.135 e. The van der Waals surface area contributed by atoms with E-state index in [1.54, 1.807) is 0 Å². The van der Waals surface area contributed by atoms with Gasteiger partial charge in [0.15, 0.2) is 0 Å². The second-order valence-corrected chi connectivity index (χ2v) is 9.08. The van der Waals surface area contributed by atoms with Gasteiger partial charge in [0.2, 0.25) is 0 Å². The summed E-state index contributed by atoms with van der Waals surface area (Å²) < 4.78 is 0. The molecule has 1 N–H and O–H groups in total. The van der Waals surface area contributed by atoms with Crippen molar-refractivity contribution >= 4 is 5.82 Å². The molecule has 6 heteroatoms. The van der Waals surface area contributed by atoms with Gasteiger partial charge in [-0.15, -0.1) is 0 Å². The summed E-state index contributed by atoms with van der Waals surface area (Å²) in [5.74, 6) is 1.97. The molecule has 2 saturated heterocycles. The maximum Gasteiger partial charge on any atom is 0.135 e. The monoisotopic (exact) mass is 393 g/mol. The first-order valence-electron chi connectivity index (χ1n) is 11.1. The average molecular weight is 394 g/mol. The highest BCUT2D eigenvalue weighted by Crippen LogP contribution is 2.47. The van der Waals surface area contributed by atoms with Gasteiger partial charge in [0.25, 0.3) is 0 Å². The molecule has 0 bridgehead atoms. The third-order valence-corrected chi connectivity index (χ3v) is 7.09. The molecule has 1 atom stereocenters. The number of anilines is 1. The first-order chi connectivity index (χ1) is 14.1. The van der Waals surface area contributed by atoms with Gasteiger partial charge >= 0.3 is 0 Å². The van der Waals surface area contributed by atoms with Crippen LogP contribution >= 0.6 is 0 Å². The number of likely N-dealkylation sites (tertiary alicyclic amines) is 1. The number of rotatable bonds is 3. The van der Waals surface area contributed by atoms with Gasteiger partial charge in [0, 0.05) is 43.0 Å². The van der Waals surface area contributed by atoms with Crippen LogP contribution in [0.3, 0.4) is 0 Å². The molecule has 5 rings (SSSR count). The number of aliphatic hydroxyl groups is 1. The van der Waals surface area contributed by atoms with E-state index >= 15 is 0 Å². The maximum absolute atomic E-state index is 10.2. The summed E-state index contributed by atoms with van der Waals surface area (Å²) in [5.41, 5.74) is 4.16. The van der Waals surface area contributed by atoms with E-state index in [-0.39, 0.29) is 11.5 Å². The van der Waals surface area contributed by atoms with Gasteiger partial charge in [-0.1, -0.05) is 6.07 Å². The van der Waals surface area contributed by atoms with Crippen molar-refractivity contribution in [1.82, 2.24) is 19.9 Å². The maximum atomic E-state index is 10.2. The predicted octanol–water partition coefficient (Wildman–Crippen LogP) is 2.62. The number of aromatic nitrogens is 3. The van der Waals surface area contributed by atoms with Gasteiger partial charge in [0.1, 0.15) is 11.6 Å². The Balaban J connectivity index is 1.36. The number of hydrogen-bond donors (Lipinski definition) is 1. The number of fused-ring (bicyclic) bond motifs is 2. The predicted molar refractivity (Wildman–Crippen MR) is 113 cm³/mol. The third kappa shape index (κ3) is 3.64. The van der Waals surface area contributed by atoms with E-state index in [2.05, 4.69) is 20.9 Å². The van der Waals surface area contributed by atoms with E-state index in [1.165, 1.54) is 36.1 Å². The Hall–Kier alpha value is -2.05. The van der Waals surface area contributed by atoms with Crippen LogP contribution in [0.4, 0.5) is 5.82 Å². The lowest BCUT2D eigenvalue weighted by Crippen LogP contribution is -2.42. The second-order valence-electron chi connectivity index (χ2n) is 9.08. The number of piperidine rings is 2. The molecule has 3 aliphatic rings. The summed E-state index contributed by atoms with van der Waals surface area (Å²) in [6.45, 7) is 6.91. The second kappa shape index (κ2) is 7.65. The van der Waals surface area contributed by atoms with Crippen molar-refractivity contribution < 1.29 is 5.11 Å². The van der Waals surface area contributed by atoms with E-state index in [0.717, 1.165) is 57.1 Å². The fraction of sp³-hybridized carbons (Fsp3) is 0.609. The largest absolute Gasteiger partial charge is 0.391 e. The third-order valence-electron chi connectivity index (χ3n) is 7.09. The molecule has 1 spiro atoms. The first kappa shape index (κ1) is 18.9. The normalized spacial score (nSPS) is 24.1. The number of hydrogen-bond acceptors (Lipinski definition) is 6. The van der Waals surface area contributed by atoms with Gasteiger partial charge in [-0.05, 0) is 70.2 Å². The summed E-state index contributed by atoms with van der Waals surface area (Å²) in [6.07, 6.45) is 10.1. The van der Waals surface area contributed by atoms with E-state index in [1.807, 2.05) is 25.4 Å². The average Bonchev–Trinajstić information content (AvgIpc) is 3.08. The van der Waals surface area contributed by atoms with Crippen LogP contribution in [0.5, 0.6) is 0 Å². The minimum Gasteiger partial charge on any atom is -0.391 e. The number of aliphatic hydroxyl groups excluding tert-OH is 1. The Labute approximate surface area is 173 Å². The Morgan fingerprint density at radius 2 is 2.03 bits per heavy atom. The van der Waals surface area contributed by atoms with Crippen molar-refractivity contribution in [2.24, 2.45) is 0 Å². The topological polar surface area (TPSA) is 65.4 Å². The lowest BCUT2D eigenvalue weighted by molar-refractivity contribution is 0.149. The zero-order valence-corrected chi connectivity index (χ0v) is 17.3. The zero-order chi connectivity index (χ0) is 19.8. The van der Waals surface area contributed by atoms with Gasteiger partial charge in [-0.2, -0.15) is 0 Å². The molecule has 2 aromatic rings. The van der Waals surface area contributed by atoms with Crippen molar-refractivity contribution in [3.05, 3.63) is 47.2 Å². The lowest BCUT2D eigenvalue weighted by Gasteiger charge is -2.39. The number of nitrogens with zero attached hydrogens (tertiary/aromatic N) is 5. The highest BCUT2D eigenvalue weighted by Gasteiger charge is 2.44. The Morgan fingerprint density at radius 1 is 1.17 bits per heavy atom. The number of β-amino-alcohol motifs (C(OH)–C–C–N with tert-alkyl or cyclic N) is 1. The van der Waals surface area contributed by atoms with Gasteiger partial charge in [-0.25, -0.2) is 9.97 Å². The van der Waals surface area contributed by atoms with Crippen LogP contribution in [0.1, 0.15) is 54.7 Å². The molecular weight excluding hydrogens is 362 g/mol. The SMILES string of the molecule is Cc1nc(N2CCCC(O)C2)c2c(n1)C1(CC2)CCN(Cc2cccnc2)CC1. The van der Waals surface area contributed by atoms with Crippen LogP contribution in [0.2, 0.25) is 0 Å². The Bertz CT molecular complexity index is 863. The van der Waals surface area contributed by atoms with Gasteiger partial charge in [-0.3, -0.25) is 9.88 Å². The van der Waals surface area contributed by atoms with Crippen LogP contribution < -0.4 is 4.90 Å². The van der Waals surface area contributed by atoms with Crippen LogP contribution in [0.15, 0.2) is 24.5 Å². The molecule has 0 radical (unpaired) electrons. The molecule has 6 nitrogen and oxygen atoms in total. The van der Waals surface area contributed by atoms with E-state index in [9.17, 15) is 5.11 Å². The van der Waals surface area contributed by atoms with Gasteiger partial charge in [0.05, 0.1) is 11.8 Å². The van der Waals surface area contributed by atoms with Crippen molar-refractivity contribution in [3.63, 3.8) is 0 Å². The molecule has 4 heterocycles.